The van der Waals surface area contributed by atoms with Crippen LogP contribution in [0.4, 0.5) is 5.69 Å². The second-order valence-corrected chi connectivity index (χ2v) is 3.30. The van der Waals surface area contributed by atoms with E-state index in [0.29, 0.717) is 11.3 Å². The van der Waals surface area contributed by atoms with Gasteiger partial charge in [-0.15, -0.1) is 0 Å². The van der Waals surface area contributed by atoms with Crippen LogP contribution in [-0.2, 0) is 9.59 Å². The normalized spacial score (nSPS) is 10.2. The number of anilines is 1. The zero-order chi connectivity index (χ0) is 12.8. The van der Waals surface area contributed by atoms with Crippen molar-refractivity contribution < 1.29 is 19.5 Å². The molecule has 5 nitrogen and oxygen atoms in total. The van der Waals surface area contributed by atoms with Crippen molar-refractivity contribution in [3.05, 3.63) is 42.0 Å². The maximum Gasteiger partial charge on any atom is 0.328 e. The van der Waals surface area contributed by atoms with Gasteiger partial charge in [0.15, 0.2) is 5.78 Å². The Balaban J connectivity index is 2.75. The highest BCUT2D eigenvalue weighted by atomic mass is 16.4. The maximum atomic E-state index is 11.3. The molecule has 0 aliphatic carbocycles. The molecule has 88 valence electrons. The number of ketones is 1. The Bertz CT molecular complexity index is 491. The second kappa shape index (κ2) is 5.60. The number of hydrogen-bond donors (Lipinski definition) is 2. The van der Waals surface area contributed by atoms with Gasteiger partial charge < -0.3 is 10.4 Å². The molecule has 1 amide bonds. The van der Waals surface area contributed by atoms with E-state index in [1.165, 1.54) is 13.0 Å². The van der Waals surface area contributed by atoms with Gasteiger partial charge in [-0.2, -0.15) is 0 Å². The molecule has 0 aromatic heterocycles. The van der Waals surface area contributed by atoms with Crippen LogP contribution in [0.1, 0.15) is 17.3 Å². The number of benzene rings is 1. The van der Waals surface area contributed by atoms with E-state index in [2.05, 4.69) is 5.32 Å². The van der Waals surface area contributed by atoms with Crippen molar-refractivity contribution in [1.29, 1.82) is 0 Å². The van der Waals surface area contributed by atoms with Crippen molar-refractivity contribution in [2.75, 3.05) is 5.32 Å². The standard InChI is InChI=1S/C12H11NO4/c1-8(14)9-3-2-4-10(7-9)13-11(15)5-6-12(16)17/h2-7H,1H3,(H,13,15)(H,16,17)/b6-5-. The third-order valence-corrected chi connectivity index (χ3v) is 1.91. The molecular weight excluding hydrogens is 222 g/mol. The molecule has 0 aliphatic rings. The first-order chi connectivity index (χ1) is 7.99. The van der Waals surface area contributed by atoms with Crippen molar-refractivity contribution in [2.24, 2.45) is 0 Å². The molecule has 0 spiro atoms. The van der Waals surface area contributed by atoms with Gasteiger partial charge in [-0.25, -0.2) is 4.79 Å². The molecule has 0 aliphatic heterocycles. The van der Waals surface area contributed by atoms with Crippen LogP contribution in [0.3, 0.4) is 0 Å². The Morgan fingerprint density at radius 1 is 1.24 bits per heavy atom. The monoisotopic (exact) mass is 233 g/mol. The number of carbonyl (C=O) groups is 3. The number of rotatable bonds is 4. The van der Waals surface area contributed by atoms with Gasteiger partial charge in [0, 0.05) is 23.4 Å². The molecule has 0 atom stereocenters. The highest BCUT2D eigenvalue weighted by Gasteiger charge is 2.02. The maximum absolute atomic E-state index is 11.3. The number of carboxylic acids is 1. The smallest absolute Gasteiger partial charge is 0.328 e. The second-order valence-electron chi connectivity index (χ2n) is 3.30. The zero-order valence-electron chi connectivity index (χ0n) is 9.14. The zero-order valence-corrected chi connectivity index (χ0v) is 9.14. The van der Waals surface area contributed by atoms with Crippen LogP contribution in [0, 0.1) is 0 Å². The number of hydrogen-bond acceptors (Lipinski definition) is 3. The van der Waals surface area contributed by atoms with E-state index in [0.717, 1.165) is 12.2 Å². The first-order valence-corrected chi connectivity index (χ1v) is 4.82. The van der Waals surface area contributed by atoms with Crippen LogP contribution in [0.5, 0.6) is 0 Å². The van der Waals surface area contributed by atoms with Gasteiger partial charge in [0.2, 0.25) is 5.91 Å². The van der Waals surface area contributed by atoms with Crippen molar-refractivity contribution >= 4 is 23.3 Å². The summed E-state index contributed by atoms with van der Waals surface area (Å²) < 4.78 is 0. The molecule has 1 rings (SSSR count). The topological polar surface area (TPSA) is 83.5 Å². The molecule has 5 heteroatoms. The van der Waals surface area contributed by atoms with E-state index >= 15 is 0 Å². The fraction of sp³-hybridized carbons (Fsp3) is 0.0833. The minimum atomic E-state index is -1.20. The number of Topliss-reactive ketones (excluding diaryl/α,β-unsaturated/α-hetero) is 1. The molecule has 0 fully saturated rings. The molecule has 0 saturated heterocycles. The number of carboxylic acid groups (broad SMARTS) is 1. The van der Waals surface area contributed by atoms with Gasteiger partial charge in [0.1, 0.15) is 0 Å². The molecule has 0 saturated carbocycles. The predicted octanol–water partition coefficient (Wildman–Crippen LogP) is 1.47. The van der Waals surface area contributed by atoms with Crippen molar-refractivity contribution in [3.8, 4) is 0 Å². The van der Waals surface area contributed by atoms with E-state index in [1.54, 1.807) is 18.2 Å². The Labute approximate surface area is 97.8 Å². The van der Waals surface area contributed by atoms with E-state index < -0.39 is 11.9 Å². The van der Waals surface area contributed by atoms with Gasteiger partial charge in [-0.3, -0.25) is 9.59 Å². The SMILES string of the molecule is CC(=O)c1cccc(NC(=O)/C=C\C(=O)O)c1. The summed E-state index contributed by atoms with van der Waals surface area (Å²) in [5.41, 5.74) is 0.919. The number of amides is 1. The summed E-state index contributed by atoms with van der Waals surface area (Å²) in [7, 11) is 0. The van der Waals surface area contributed by atoms with E-state index in [1.807, 2.05) is 0 Å². The lowest BCUT2D eigenvalue weighted by Crippen LogP contribution is -2.09. The van der Waals surface area contributed by atoms with E-state index in [-0.39, 0.29) is 5.78 Å². The largest absolute Gasteiger partial charge is 0.478 e. The average molecular weight is 233 g/mol. The third kappa shape index (κ3) is 4.29. The summed E-state index contributed by atoms with van der Waals surface area (Å²) in [6.07, 6.45) is 1.65. The van der Waals surface area contributed by atoms with Crippen LogP contribution in [0.15, 0.2) is 36.4 Å². The van der Waals surface area contributed by atoms with E-state index in [4.69, 9.17) is 5.11 Å². The van der Waals surface area contributed by atoms with Crippen LogP contribution < -0.4 is 5.32 Å². The number of nitrogens with one attached hydrogen (secondary N) is 1. The van der Waals surface area contributed by atoms with Gasteiger partial charge >= 0.3 is 5.97 Å². The minimum absolute atomic E-state index is 0.109. The summed E-state index contributed by atoms with van der Waals surface area (Å²) in [6.45, 7) is 1.42. The average Bonchev–Trinajstić information content (AvgIpc) is 2.26. The van der Waals surface area contributed by atoms with Crippen LogP contribution >= 0.6 is 0 Å². The van der Waals surface area contributed by atoms with Crippen molar-refractivity contribution in [1.82, 2.24) is 0 Å². The fourth-order valence-electron chi connectivity index (χ4n) is 1.15. The lowest BCUT2D eigenvalue weighted by Gasteiger charge is -2.03. The fourth-order valence-corrected chi connectivity index (χ4v) is 1.15. The molecule has 1 aromatic rings. The lowest BCUT2D eigenvalue weighted by atomic mass is 10.1. The van der Waals surface area contributed by atoms with Crippen LogP contribution in [-0.4, -0.2) is 22.8 Å². The van der Waals surface area contributed by atoms with Crippen molar-refractivity contribution in [2.45, 2.75) is 6.92 Å². The Morgan fingerprint density at radius 2 is 1.94 bits per heavy atom. The molecule has 0 radical (unpaired) electrons. The molecule has 0 bridgehead atoms. The molecule has 17 heavy (non-hydrogen) atoms. The highest BCUT2D eigenvalue weighted by Crippen LogP contribution is 2.11. The van der Waals surface area contributed by atoms with Gasteiger partial charge in [0.05, 0.1) is 0 Å². The predicted molar refractivity (Wildman–Crippen MR) is 61.9 cm³/mol. The Kier molecular flexibility index (Phi) is 4.16. The van der Waals surface area contributed by atoms with Crippen molar-refractivity contribution in [3.63, 3.8) is 0 Å². The Hall–Kier alpha value is -2.43. The first-order valence-electron chi connectivity index (χ1n) is 4.82. The summed E-state index contributed by atoms with van der Waals surface area (Å²) in [5, 5.41) is 10.8. The molecule has 0 heterocycles. The molecule has 2 N–H and O–H groups in total. The van der Waals surface area contributed by atoms with Gasteiger partial charge in [-0.05, 0) is 19.1 Å². The van der Waals surface area contributed by atoms with Gasteiger partial charge in [0.25, 0.3) is 0 Å². The number of aliphatic carboxylic acids is 1. The molecular formula is C12H11NO4. The summed E-state index contributed by atoms with van der Waals surface area (Å²) in [4.78, 5) is 32.5. The van der Waals surface area contributed by atoms with Gasteiger partial charge in [-0.1, -0.05) is 12.1 Å². The van der Waals surface area contributed by atoms with E-state index in [9.17, 15) is 14.4 Å². The third-order valence-electron chi connectivity index (χ3n) is 1.91. The quantitative estimate of drug-likeness (QED) is 0.609. The Morgan fingerprint density at radius 3 is 2.53 bits per heavy atom. The lowest BCUT2D eigenvalue weighted by molar-refractivity contribution is -0.131. The summed E-state index contributed by atoms with van der Waals surface area (Å²) in [6, 6.07) is 6.39. The number of carbonyl (C=O) groups excluding carboxylic acids is 2. The first kappa shape index (κ1) is 12.6. The highest BCUT2D eigenvalue weighted by molar-refractivity contribution is 6.03. The summed E-state index contributed by atoms with van der Waals surface area (Å²) in [5.74, 6) is -1.87. The summed E-state index contributed by atoms with van der Waals surface area (Å²) >= 11 is 0. The minimum Gasteiger partial charge on any atom is -0.478 e. The van der Waals surface area contributed by atoms with Crippen LogP contribution in [0.2, 0.25) is 0 Å². The molecule has 0 unspecified atom stereocenters. The molecule has 1 aromatic carbocycles. The van der Waals surface area contributed by atoms with Crippen LogP contribution in [0.25, 0.3) is 0 Å².